The van der Waals surface area contributed by atoms with Gasteiger partial charge in [-0.2, -0.15) is 0 Å². The van der Waals surface area contributed by atoms with Gasteiger partial charge in [0.1, 0.15) is 0 Å². The SMILES string of the molecule is O=C(CC[C@H]1CCCN(C(=O)Nc2ccc(Cl)cc2)C1)NCc1ccccc1. The van der Waals surface area contributed by atoms with E-state index in [1.807, 2.05) is 35.2 Å². The van der Waals surface area contributed by atoms with Crippen LogP contribution < -0.4 is 10.6 Å². The fraction of sp³-hybridized carbons (Fsp3) is 0.364. The van der Waals surface area contributed by atoms with E-state index in [-0.39, 0.29) is 11.9 Å². The van der Waals surface area contributed by atoms with Crippen LogP contribution in [-0.2, 0) is 11.3 Å². The molecule has 0 radical (unpaired) electrons. The van der Waals surface area contributed by atoms with E-state index in [1.54, 1.807) is 24.3 Å². The van der Waals surface area contributed by atoms with Crippen LogP contribution in [0.1, 0.15) is 31.2 Å². The topological polar surface area (TPSA) is 61.4 Å². The molecule has 0 saturated carbocycles. The van der Waals surface area contributed by atoms with E-state index in [9.17, 15) is 9.59 Å². The van der Waals surface area contributed by atoms with Crippen molar-refractivity contribution in [1.29, 1.82) is 0 Å². The molecule has 1 saturated heterocycles. The third kappa shape index (κ3) is 6.27. The predicted molar refractivity (Wildman–Crippen MR) is 112 cm³/mol. The van der Waals surface area contributed by atoms with Gasteiger partial charge in [0.2, 0.25) is 5.91 Å². The molecule has 1 heterocycles. The molecule has 1 aliphatic heterocycles. The maximum Gasteiger partial charge on any atom is 0.321 e. The first-order chi connectivity index (χ1) is 13.6. The summed E-state index contributed by atoms with van der Waals surface area (Å²) < 4.78 is 0. The van der Waals surface area contributed by atoms with Crippen LogP contribution in [0, 0.1) is 5.92 Å². The van der Waals surface area contributed by atoms with Gasteiger partial charge >= 0.3 is 6.03 Å². The van der Waals surface area contributed by atoms with Crippen LogP contribution >= 0.6 is 11.6 Å². The summed E-state index contributed by atoms with van der Waals surface area (Å²) in [5.41, 5.74) is 1.83. The van der Waals surface area contributed by atoms with Gasteiger partial charge in [0, 0.05) is 36.8 Å². The van der Waals surface area contributed by atoms with Crippen LogP contribution in [0.25, 0.3) is 0 Å². The summed E-state index contributed by atoms with van der Waals surface area (Å²) in [5, 5.41) is 6.52. The van der Waals surface area contributed by atoms with Gasteiger partial charge in [-0.25, -0.2) is 4.79 Å². The Labute approximate surface area is 171 Å². The van der Waals surface area contributed by atoms with E-state index in [0.717, 1.165) is 37.1 Å². The first-order valence-corrected chi connectivity index (χ1v) is 10.1. The Morgan fingerprint density at radius 2 is 1.82 bits per heavy atom. The molecule has 0 aromatic heterocycles. The summed E-state index contributed by atoms with van der Waals surface area (Å²) in [6, 6.07) is 16.9. The van der Waals surface area contributed by atoms with E-state index in [4.69, 9.17) is 11.6 Å². The summed E-state index contributed by atoms with van der Waals surface area (Å²) in [6.07, 6.45) is 3.30. The van der Waals surface area contributed by atoms with Crippen molar-refractivity contribution in [2.75, 3.05) is 18.4 Å². The largest absolute Gasteiger partial charge is 0.352 e. The third-order valence-electron chi connectivity index (χ3n) is 5.01. The summed E-state index contributed by atoms with van der Waals surface area (Å²) in [4.78, 5) is 26.5. The molecule has 1 fully saturated rings. The van der Waals surface area contributed by atoms with E-state index in [0.29, 0.717) is 30.5 Å². The molecular formula is C22H26ClN3O2. The number of piperidine rings is 1. The van der Waals surface area contributed by atoms with Crippen molar-refractivity contribution in [3.63, 3.8) is 0 Å². The number of nitrogens with one attached hydrogen (secondary N) is 2. The first-order valence-electron chi connectivity index (χ1n) is 9.72. The van der Waals surface area contributed by atoms with E-state index in [2.05, 4.69) is 10.6 Å². The Bertz CT molecular complexity index is 780. The van der Waals surface area contributed by atoms with Gasteiger partial charge < -0.3 is 15.5 Å². The number of likely N-dealkylation sites (tertiary alicyclic amines) is 1. The minimum absolute atomic E-state index is 0.0617. The van der Waals surface area contributed by atoms with Crippen LogP contribution in [0.4, 0.5) is 10.5 Å². The first kappa shape index (κ1) is 20.2. The number of anilines is 1. The molecule has 3 amide bonds. The fourth-order valence-electron chi connectivity index (χ4n) is 3.44. The number of hydrogen-bond donors (Lipinski definition) is 2. The Kier molecular flexibility index (Phi) is 7.31. The van der Waals surface area contributed by atoms with E-state index < -0.39 is 0 Å². The van der Waals surface area contributed by atoms with Gasteiger partial charge in [-0.05, 0) is 55.0 Å². The van der Waals surface area contributed by atoms with Crippen LogP contribution in [0.3, 0.4) is 0 Å². The number of rotatable bonds is 6. The van der Waals surface area contributed by atoms with Crippen molar-refractivity contribution in [2.24, 2.45) is 5.92 Å². The second-order valence-corrected chi connectivity index (χ2v) is 7.63. The van der Waals surface area contributed by atoms with E-state index in [1.165, 1.54) is 0 Å². The highest BCUT2D eigenvalue weighted by Crippen LogP contribution is 2.22. The van der Waals surface area contributed by atoms with Crippen LogP contribution in [0.2, 0.25) is 5.02 Å². The molecule has 3 rings (SSSR count). The Balaban J connectivity index is 1.41. The zero-order valence-corrected chi connectivity index (χ0v) is 16.6. The molecule has 2 aromatic rings. The van der Waals surface area contributed by atoms with Crippen molar-refractivity contribution in [3.05, 3.63) is 65.2 Å². The van der Waals surface area contributed by atoms with Gasteiger partial charge in [-0.1, -0.05) is 41.9 Å². The third-order valence-corrected chi connectivity index (χ3v) is 5.27. The quantitative estimate of drug-likeness (QED) is 0.740. The van der Waals surface area contributed by atoms with Crippen molar-refractivity contribution in [3.8, 4) is 0 Å². The minimum Gasteiger partial charge on any atom is -0.352 e. The lowest BCUT2D eigenvalue weighted by atomic mass is 9.93. The standard InChI is InChI=1S/C22H26ClN3O2/c23-19-9-11-20(12-10-19)25-22(28)26-14-4-7-18(16-26)8-13-21(27)24-15-17-5-2-1-3-6-17/h1-3,5-6,9-12,18H,4,7-8,13-16H2,(H,24,27)(H,25,28)/t18-/m1/s1. The molecule has 0 bridgehead atoms. The number of urea groups is 1. The molecular weight excluding hydrogens is 374 g/mol. The second-order valence-electron chi connectivity index (χ2n) is 7.19. The lowest BCUT2D eigenvalue weighted by Crippen LogP contribution is -2.42. The Morgan fingerprint density at radius 3 is 2.57 bits per heavy atom. The highest BCUT2D eigenvalue weighted by atomic mass is 35.5. The van der Waals surface area contributed by atoms with Crippen molar-refractivity contribution in [2.45, 2.75) is 32.2 Å². The monoisotopic (exact) mass is 399 g/mol. The number of carbonyl (C=O) groups excluding carboxylic acids is 2. The maximum absolute atomic E-state index is 12.5. The lowest BCUT2D eigenvalue weighted by molar-refractivity contribution is -0.121. The summed E-state index contributed by atoms with van der Waals surface area (Å²) >= 11 is 5.88. The minimum atomic E-state index is -0.0967. The van der Waals surface area contributed by atoms with Crippen molar-refractivity contribution >= 4 is 29.2 Å². The van der Waals surface area contributed by atoms with Gasteiger partial charge in [0.05, 0.1) is 0 Å². The maximum atomic E-state index is 12.5. The molecule has 28 heavy (non-hydrogen) atoms. The normalized spacial score (nSPS) is 16.5. The fourth-order valence-corrected chi connectivity index (χ4v) is 3.57. The van der Waals surface area contributed by atoms with Gasteiger partial charge in [0.15, 0.2) is 0 Å². The summed E-state index contributed by atoms with van der Waals surface area (Å²) in [5.74, 6) is 0.416. The number of halogens is 1. The van der Waals surface area contributed by atoms with Gasteiger partial charge in [0.25, 0.3) is 0 Å². The molecule has 5 nitrogen and oxygen atoms in total. The van der Waals surface area contributed by atoms with Crippen molar-refractivity contribution < 1.29 is 9.59 Å². The van der Waals surface area contributed by atoms with Gasteiger partial charge in [-0.15, -0.1) is 0 Å². The average molecular weight is 400 g/mol. The zero-order valence-electron chi connectivity index (χ0n) is 15.9. The average Bonchev–Trinajstić information content (AvgIpc) is 2.73. The summed E-state index contributed by atoms with van der Waals surface area (Å²) in [6.45, 7) is 1.99. The molecule has 2 aromatic carbocycles. The zero-order chi connectivity index (χ0) is 19.8. The smallest absolute Gasteiger partial charge is 0.321 e. The molecule has 6 heteroatoms. The summed E-state index contributed by atoms with van der Waals surface area (Å²) in [7, 11) is 0. The lowest BCUT2D eigenvalue weighted by Gasteiger charge is -2.32. The highest BCUT2D eigenvalue weighted by molar-refractivity contribution is 6.30. The molecule has 2 N–H and O–H groups in total. The number of hydrogen-bond acceptors (Lipinski definition) is 2. The second kappa shape index (κ2) is 10.1. The molecule has 148 valence electrons. The highest BCUT2D eigenvalue weighted by Gasteiger charge is 2.24. The number of carbonyl (C=O) groups is 2. The Hall–Kier alpha value is -2.53. The molecule has 1 aliphatic rings. The van der Waals surface area contributed by atoms with Crippen molar-refractivity contribution in [1.82, 2.24) is 10.2 Å². The van der Waals surface area contributed by atoms with Crippen LogP contribution in [-0.4, -0.2) is 29.9 Å². The predicted octanol–water partition coefficient (Wildman–Crippen LogP) is 4.68. The Morgan fingerprint density at radius 1 is 1.07 bits per heavy atom. The molecule has 1 atom stereocenters. The molecule has 0 aliphatic carbocycles. The molecule has 0 spiro atoms. The van der Waals surface area contributed by atoms with Crippen LogP contribution in [0.15, 0.2) is 54.6 Å². The number of benzene rings is 2. The van der Waals surface area contributed by atoms with E-state index >= 15 is 0 Å². The van der Waals surface area contributed by atoms with Gasteiger partial charge in [-0.3, -0.25) is 4.79 Å². The number of amides is 3. The van der Waals surface area contributed by atoms with Crippen LogP contribution in [0.5, 0.6) is 0 Å². The molecule has 0 unspecified atom stereocenters. The number of nitrogens with zero attached hydrogens (tertiary/aromatic N) is 1.